The molecule has 0 spiro atoms. The second-order valence-corrected chi connectivity index (χ2v) is 10.4. The minimum atomic E-state index is -4.05. The molecular weight excluding hydrogens is 488 g/mol. The molecule has 2 aromatic rings. The lowest BCUT2D eigenvalue weighted by Gasteiger charge is -2.32. The Morgan fingerprint density at radius 2 is 1.76 bits per heavy atom. The highest BCUT2D eigenvalue weighted by Gasteiger charge is 2.30. The average Bonchev–Trinajstić information content (AvgIpc) is 2.76. The molecule has 0 saturated heterocycles. The van der Waals surface area contributed by atoms with E-state index in [2.05, 4.69) is 5.32 Å². The summed E-state index contributed by atoms with van der Waals surface area (Å²) in [5, 5.41) is 3.24. The molecule has 0 aliphatic rings. The SMILES string of the molecule is CC[C@@H](C)NC(=O)[C@@H](C)N(Cc1cccc(Cl)c1)C(=O)CN(c1ccc(F)c(F)c1)S(C)(=O)=O. The van der Waals surface area contributed by atoms with Crippen LogP contribution >= 0.6 is 11.6 Å². The van der Waals surface area contributed by atoms with Crippen LogP contribution in [-0.2, 0) is 26.2 Å². The molecule has 11 heteroatoms. The Kier molecular flexibility index (Phi) is 9.40. The number of hydrogen-bond donors (Lipinski definition) is 1. The fourth-order valence-electron chi connectivity index (χ4n) is 3.13. The maximum absolute atomic E-state index is 13.8. The van der Waals surface area contributed by atoms with Gasteiger partial charge in [0.15, 0.2) is 11.6 Å². The van der Waals surface area contributed by atoms with Crippen molar-refractivity contribution in [2.24, 2.45) is 0 Å². The van der Waals surface area contributed by atoms with Crippen LogP contribution < -0.4 is 9.62 Å². The van der Waals surface area contributed by atoms with Gasteiger partial charge in [-0.1, -0.05) is 30.7 Å². The largest absolute Gasteiger partial charge is 0.352 e. The highest BCUT2D eigenvalue weighted by Crippen LogP contribution is 2.22. The summed E-state index contributed by atoms with van der Waals surface area (Å²) in [4.78, 5) is 27.4. The van der Waals surface area contributed by atoms with Gasteiger partial charge < -0.3 is 10.2 Å². The van der Waals surface area contributed by atoms with Gasteiger partial charge in [0.1, 0.15) is 12.6 Å². The van der Waals surface area contributed by atoms with E-state index in [4.69, 9.17) is 11.6 Å². The van der Waals surface area contributed by atoms with Crippen molar-refractivity contribution < 1.29 is 26.8 Å². The summed E-state index contributed by atoms with van der Waals surface area (Å²) in [6.07, 6.45) is 1.53. The molecule has 1 N–H and O–H groups in total. The van der Waals surface area contributed by atoms with Crippen molar-refractivity contribution >= 4 is 39.1 Å². The standard InChI is InChI=1S/C23H28ClF2N3O4S/c1-5-15(2)27-23(31)16(3)28(13-17-7-6-8-18(24)11-17)22(30)14-29(34(4,32)33)19-9-10-20(25)21(26)12-19/h6-12,15-16H,5,13-14H2,1-4H3,(H,27,31)/t15-,16-/m1/s1. The van der Waals surface area contributed by atoms with Crippen LogP contribution in [0.25, 0.3) is 0 Å². The molecule has 7 nitrogen and oxygen atoms in total. The molecule has 0 heterocycles. The van der Waals surface area contributed by atoms with Crippen molar-refractivity contribution in [2.75, 3.05) is 17.1 Å². The van der Waals surface area contributed by atoms with Gasteiger partial charge in [-0.15, -0.1) is 0 Å². The number of anilines is 1. The Morgan fingerprint density at radius 3 is 2.32 bits per heavy atom. The molecule has 0 saturated carbocycles. The molecule has 0 fully saturated rings. The number of carbonyl (C=O) groups excluding carboxylic acids is 2. The van der Waals surface area contributed by atoms with Crippen molar-refractivity contribution in [3.8, 4) is 0 Å². The highest BCUT2D eigenvalue weighted by atomic mass is 35.5. The van der Waals surface area contributed by atoms with Crippen LogP contribution in [0.5, 0.6) is 0 Å². The van der Waals surface area contributed by atoms with E-state index in [0.717, 1.165) is 18.4 Å². The quantitative estimate of drug-likeness (QED) is 0.522. The van der Waals surface area contributed by atoms with Crippen LogP contribution in [0.15, 0.2) is 42.5 Å². The molecule has 0 bridgehead atoms. The topological polar surface area (TPSA) is 86.8 Å². The maximum Gasteiger partial charge on any atom is 0.244 e. The highest BCUT2D eigenvalue weighted by molar-refractivity contribution is 7.92. The summed E-state index contributed by atoms with van der Waals surface area (Å²) >= 11 is 6.05. The first kappa shape index (κ1) is 27.5. The van der Waals surface area contributed by atoms with Gasteiger partial charge in [0.2, 0.25) is 21.8 Å². The summed E-state index contributed by atoms with van der Waals surface area (Å²) in [6, 6.07) is 8.15. The number of nitrogens with zero attached hydrogens (tertiary/aromatic N) is 2. The second-order valence-electron chi connectivity index (χ2n) is 8.01. The van der Waals surface area contributed by atoms with Crippen molar-refractivity contribution in [3.05, 3.63) is 64.7 Å². The molecular formula is C23H28ClF2N3O4S. The van der Waals surface area contributed by atoms with Gasteiger partial charge in [-0.25, -0.2) is 17.2 Å². The zero-order valence-corrected chi connectivity index (χ0v) is 21.0. The van der Waals surface area contributed by atoms with E-state index in [-0.39, 0.29) is 18.3 Å². The van der Waals surface area contributed by atoms with E-state index in [9.17, 15) is 26.8 Å². The molecule has 2 amide bonds. The number of nitrogens with one attached hydrogen (secondary N) is 1. The van der Waals surface area contributed by atoms with Gasteiger partial charge in [-0.05, 0) is 50.1 Å². The third-order valence-electron chi connectivity index (χ3n) is 5.28. The molecule has 2 aromatic carbocycles. The van der Waals surface area contributed by atoms with E-state index >= 15 is 0 Å². The fraction of sp³-hybridized carbons (Fsp3) is 0.391. The molecule has 0 radical (unpaired) electrons. The monoisotopic (exact) mass is 515 g/mol. The van der Waals surface area contributed by atoms with Gasteiger partial charge >= 0.3 is 0 Å². The third-order valence-corrected chi connectivity index (χ3v) is 6.66. The van der Waals surface area contributed by atoms with Crippen molar-refractivity contribution in [3.63, 3.8) is 0 Å². The fourth-order valence-corrected chi connectivity index (χ4v) is 4.19. The van der Waals surface area contributed by atoms with E-state index in [1.165, 1.54) is 11.8 Å². The first-order chi connectivity index (χ1) is 15.8. The maximum atomic E-state index is 13.8. The molecule has 2 rings (SSSR count). The smallest absolute Gasteiger partial charge is 0.244 e. The second kappa shape index (κ2) is 11.6. The predicted octanol–water partition coefficient (Wildman–Crippen LogP) is 3.72. The lowest BCUT2D eigenvalue weighted by Crippen LogP contribution is -2.52. The van der Waals surface area contributed by atoms with Gasteiger partial charge in [0, 0.05) is 23.7 Å². The van der Waals surface area contributed by atoms with Crippen LogP contribution in [0, 0.1) is 11.6 Å². The number of halogens is 3. The Labute approximate surface area is 203 Å². The Balaban J connectivity index is 2.41. The third kappa shape index (κ3) is 7.39. The number of amides is 2. The zero-order chi connectivity index (χ0) is 25.6. The van der Waals surface area contributed by atoms with Crippen molar-refractivity contribution in [1.82, 2.24) is 10.2 Å². The summed E-state index contributed by atoms with van der Waals surface area (Å²) in [5.74, 6) is -3.53. The Hall–Kier alpha value is -2.72. The van der Waals surface area contributed by atoms with Crippen LogP contribution in [-0.4, -0.2) is 50.0 Å². The van der Waals surface area contributed by atoms with E-state index in [0.29, 0.717) is 27.4 Å². The molecule has 2 atom stereocenters. The molecule has 0 aliphatic carbocycles. The van der Waals surface area contributed by atoms with Gasteiger partial charge in [0.05, 0.1) is 11.9 Å². The van der Waals surface area contributed by atoms with Gasteiger partial charge in [-0.3, -0.25) is 13.9 Å². The van der Waals surface area contributed by atoms with Crippen molar-refractivity contribution in [1.29, 1.82) is 0 Å². The summed E-state index contributed by atoms with van der Waals surface area (Å²) in [6.45, 7) is 4.51. The van der Waals surface area contributed by atoms with Crippen molar-refractivity contribution in [2.45, 2.75) is 45.8 Å². The van der Waals surface area contributed by atoms with Crippen LogP contribution in [0.1, 0.15) is 32.8 Å². The number of rotatable bonds is 10. The Bertz CT molecular complexity index is 1150. The number of hydrogen-bond acceptors (Lipinski definition) is 4. The number of sulfonamides is 1. The van der Waals surface area contributed by atoms with E-state index in [1.807, 2.05) is 13.8 Å². The van der Waals surface area contributed by atoms with Gasteiger partial charge in [-0.2, -0.15) is 0 Å². The Morgan fingerprint density at radius 1 is 1.09 bits per heavy atom. The molecule has 0 aromatic heterocycles. The van der Waals surface area contributed by atoms with Crippen LogP contribution in [0.3, 0.4) is 0 Å². The van der Waals surface area contributed by atoms with E-state index in [1.54, 1.807) is 24.3 Å². The minimum Gasteiger partial charge on any atom is -0.352 e. The number of benzene rings is 2. The lowest BCUT2D eigenvalue weighted by molar-refractivity contribution is -0.139. The summed E-state index contributed by atoms with van der Waals surface area (Å²) in [5.41, 5.74) is 0.414. The van der Waals surface area contributed by atoms with E-state index < -0.39 is 46.1 Å². The van der Waals surface area contributed by atoms with Gasteiger partial charge in [0.25, 0.3) is 0 Å². The molecule has 0 unspecified atom stereocenters. The van der Waals surface area contributed by atoms with Crippen LogP contribution in [0.2, 0.25) is 5.02 Å². The first-order valence-corrected chi connectivity index (χ1v) is 12.8. The number of carbonyl (C=O) groups is 2. The average molecular weight is 516 g/mol. The lowest BCUT2D eigenvalue weighted by atomic mass is 10.1. The zero-order valence-electron chi connectivity index (χ0n) is 19.4. The minimum absolute atomic E-state index is 0.0239. The normalized spacial score (nSPS) is 13.1. The first-order valence-electron chi connectivity index (χ1n) is 10.6. The van der Waals surface area contributed by atoms with Crippen LogP contribution in [0.4, 0.5) is 14.5 Å². The predicted molar refractivity (Wildman–Crippen MR) is 128 cm³/mol. The summed E-state index contributed by atoms with van der Waals surface area (Å²) < 4.78 is 52.7. The summed E-state index contributed by atoms with van der Waals surface area (Å²) in [7, 11) is -4.05. The molecule has 34 heavy (non-hydrogen) atoms. The molecule has 186 valence electrons. The molecule has 0 aliphatic heterocycles.